The largest absolute Gasteiger partial charge is 0.407 e. The van der Waals surface area contributed by atoms with Crippen LogP contribution >= 0.6 is 0 Å². The van der Waals surface area contributed by atoms with Crippen LogP contribution in [0.15, 0.2) is 54.6 Å². The Balaban J connectivity index is 1.54. The van der Waals surface area contributed by atoms with E-state index in [0.717, 1.165) is 34.3 Å². The quantitative estimate of drug-likeness (QED) is 0.463. The van der Waals surface area contributed by atoms with Crippen molar-refractivity contribution in [2.24, 2.45) is 0 Å². The number of carbonyl (C=O) groups is 1. The Morgan fingerprint density at radius 3 is 2.16 bits per heavy atom. The highest BCUT2D eigenvalue weighted by molar-refractivity contribution is 7.89. The molecule has 0 unspecified atom stereocenters. The summed E-state index contributed by atoms with van der Waals surface area (Å²) in [6.07, 6.45) is -4.29. The van der Waals surface area contributed by atoms with E-state index in [9.17, 15) is 36.0 Å². The van der Waals surface area contributed by atoms with Gasteiger partial charge in [0, 0.05) is 31.9 Å². The highest BCUT2D eigenvalue weighted by atomic mass is 32.2. The predicted molar refractivity (Wildman–Crippen MR) is 132 cm³/mol. The van der Waals surface area contributed by atoms with Crippen molar-refractivity contribution in [3.8, 4) is 6.07 Å². The first-order chi connectivity index (χ1) is 17.9. The van der Waals surface area contributed by atoms with E-state index in [-0.39, 0.29) is 18.7 Å². The number of carbonyl (C=O) groups excluding carboxylic acids is 1. The maximum Gasteiger partial charge on any atom is 0.407 e. The van der Waals surface area contributed by atoms with Gasteiger partial charge in [-0.15, -0.1) is 0 Å². The molecular formula is C25H27F4N5O3S. The number of amides is 1. The lowest BCUT2D eigenvalue weighted by Crippen LogP contribution is -2.57. The molecule has 1 aliphatic carbocycles. The smallest absolute Gasteiger partial charge is 0.369 e. The fourth-order valence-corrected chi connectivity index (χ4v) is 5.93. The molecule has 1 amide bonds. The Kier molecular flexibility index (Phi) is 7.96. The van der Waals surface area contributed by atoms with Gasteiger partial charge in [0.1, 0.15) is 23.4 Å². The number of hydrogen-bond acceptors (Lipinski definition) is 6. The Morgan fingerprint density at radius 1 is 1.03 bits per heavy atom. The van der Waals surface area contributed by atoms with Gasteiger partial charge < -0.3 is 10.2 Å². The zero-order valence-corrected chi connectivity index (χ0v) is 21.1. The minimum absolute atomic E-state index is 0.0916. The number of nitrogens with zero attached hydrogens (tertiary/aromatic N) is 3. The van der Waals surface area contributed by atoms with Crippen molar-refractivity contribution in [2.75, 3.05) is 36.8 Å². The average molecular weight is 554 g/mol. The number of hydrogen-bond donors (Lipinski definition) is 2. The third-order valence-electron chi connectivity index (χ3n) is 6.67. The fourth-order valence-electron chi connectivity index (χ4n) is 4.33. The molecule has 2 atom stereocenters. The number of para-hydroxylation sites is 1. The lowest BCUT2D eigenvalue weighted by molar-refractivity contribution is -0.160. The SMILES string of the molecule is N#CC1(NC(=O)[C@H](CS(=O)(=O)N2CCN(c3ccccc3)CC2)N[C@@H](c2ccc(F)cc2)C(F)(F)F)CC1. The summed E-state index contributed by atoms with van der Waals surface area (Å²) in [5.41, 5.74) is -0.680. The van der Waals surface area contributed by atoms with Crippen LogP contribution in [-0.4, -0.2) is 68.3 Å². The first kappa shape index (κ1) is 27.8. The molecule has 0 spiro atoms. The molecule has 8 nitrogen and oxygen atoms in total. The van der Waals surface area contributed by atoms with Crippen molar-refractivity contribution in [1.82, 2.24) is 14.9 Å². The van der Waals surface area contributed by atoms with Gasteiger partial charge in [-0.1, -0.05) is 30.3 Å². The average Bonchev–Trinajstić information content (AvgIpc) is 3.67. The van der Waals surface area contributed by atoms with E-state index in [2.05, 4.69) is 10.6 Å². The lowest BCUT2D eigenvalue weighted by Gasteiger charge is -2.36. The molecule has 1 heterocycles. The summed E-state index contributed by atoms with van der Waals surface area (Å²) in [5.74, 6) is -2.71. The molecule has 2 fully saturated rings. The number of benzene rings is 2. The second-order valence-electron chi connectivity index (χ2n) is 9.43. The topological polar surface area (TPSA) is 106 Å². The normalized spacial score (nSPS) is 19.3. The fraction of sp³-hybridized carbons (Fsp3) is 0.440. The number of anilines is 1. The number of halogens is 4. The summed E-state index contributed by atoms with van der Waals surface area (Å²) >= 11 is 0. The number of sulfonamides is 1. The van der Waals surface area contributed by atoms with Crippen LogP contribution in [-0.2, 0) is 14.8 Å². The van der Waals surface area contributed by atoms with Gasteiger partial charge in [-0.25, -0.2) is 12.8 Å². The molecule has 204 valence electrons. The second kappa shape index (κ2) is 10.9. The van der Waals surface area contributed by atoms with E-state index in [1.165, 1.54) is 0 Å². The van der Waals surface area contributed by atoms with Crippen LogP contribution in [0.1, 0.15) is 24.4 Å². The van der Waals surface area contributed by atoms with Gasteiger partial charge in [-0.3, -0.25) is 10.1 Å². The van der Waals surface area contributed by atoms with Gasteiger partial charge in [0.15, 0.2) is 0 Å². The molecule has 1 aliphatic heterocycles. The first-order valence-corrected chi connectivity index (χ1v) is 13.6. The zero-order valence-electron chi connectivity index (χ0n) is 20.3. The molecule has 2 N–H and O–H groups in total. The highest BCUT2D eigenvalue weighted by Gasteiger charge is 2.48. The van der Waals surface area contributed by atoms with Crippen LogP contribution in [0.2, 0.25) is 0 Å². The molecule has 2 aromatic carbocycles. The molecule has 2 aliphatic rings. The number of nitrogens with one attached hydrogen (secondary N) is 2. The van der Waals surface area contributed by atoms with Crippen molar-refractivity contribution < 1.29 is 30.8 Å². The number of alkyl halides is 3. The summed E-state index contributed by atoms with van der Waals surface area (Å²) < 4.78 is 83.2. The van der Waals surface area contributed by atoms with Crippen molar-refractivity contribution in [1.29, 1.82) is 5.26 Å². The molecule has 0 aromatic heterocycles. The molecule has 1 saturated heterocycles. The van der Waals surface area contributed by atoms with Gasteiger partial charge >= 0.3 is 6.18 Å². The zero-order chi connectivity index (χ0) is 27.6. The van der Waals surface area contributed by atoms with Crippen LogP contribution in [0.3, 0.4) is 0 Å². The van der Waals surface area contributed by atoms with E-state index in [4.69, 9.17) is 0 Å². The summed E-state index contributed by atoms with van der Waals surface area (Å²) in [7, 11) is -4.18. The molecule has 13 heteroatoms. The van der Waals surface area contributed by atoms with Gasteiger partial charge in [0.05, 0.1) is 11.8 Å². The molecular weight excluding hydrogens is 526 g/mol. The predicted octanol–water partition coefficient (Wildman–Crippen LogP) is 2.71. The Labute approximate surface area is 218 Å². The third kappa shape index (κ3) is 6.61. The molecule has 0 bridgehead atoms. The second-order valence-corrected chi connectivity index (χ2v) is 11.4. The maximum atomic E-state index is 14.0. The molecule has 1 saturated carbocycles. The van der Waals surface area contributed by atoms with Crippen LogP contribution < -0.4 is 15.5 Å². The molecule has 0 radical (unpaired) electrons. The summed E-state index contributed by atoms with van der Waals surface area (Å²) in [5, 5.41) is 13.9. The molecule has 2 aromatic rings. The Hall–Kier alpha value is -3.21. The van der Waals surface area contributed by atoms with Gasteiger partial charge in [-0.2, -0.15) is 22.7 Å². The standard InChI is InChI=1S/C25H27F4N5O3S/c26-19-8-6-18(7-9-19)22(25(27,28)29)31-21(23(35)32-24(17-30)10-11-24)16-38(36,37)34-14-12-33(13-15-34)20-4-2-1-3-5-20/h1-9,21-22,31H,10-16H2,(H,32,35)/t21-,22-/m0/s1. The van der Waals surface area contributed by atoms with E-state index in [1.807, 2.05) is 41.3 Å². The monoisotopic (exact) mass is 553 g/mol. The maximum absolute atomic E-state index is 14.0. The number of rotatable bonds is 9. The highest BCUT2D eigenvalue weighted by Crippen LogP contribution is 2.36. The van der Waals surface area contributed by atoms with Crippen LogP contribution in [0.4, 0.5) is 23.2 Å². The first-order valence-electron chi connectivity index (χ1n) is 12.0. The third-order valence-corrected chi connectivity index (χ3v) is 8.58. The Morgan fingerprint density at radius 2 is 1.63 bits per heavy atom. The van der Waals surface area contributed by atoms with Crippen molar-refractivity contribution in [2.45, 2.75) is 36.6 Å². The lowest BCUT2D eigenvalue weighted by atomic mass is 10.0. The van der Waals surface area contributed by atoms with Crippen LogP contribution in [0.5, 0.6) is 0 Å². The minimum atomic E-state index is -4.92. The van der Waals surface area contributed by atoms with Gasteiger partial charge in [-0.05, 0) is 42.7 Å². The van der Waals surface area contributed by atoms with Crippen LogP contribution in [0, 0.1) is 17.1 Å². The number of nitriles is 1. The van der Waals surface area contributed by atoms with Gasteiger partial charge in [0.25, 0.3) is 0 Å². The summed E-state index contributed by atoms with van der Waals surface area (Å²) in [6.45, 7) is 0.917. The van der Waals surface area contributed by atoms with E-state index in [1.54, 1.807) is 0 Å². The number of piperazine rings is 1. The van der Waals surface area contributed by atoms with E-state index >= 15 is 0 Å². The van der Waals surface area contributed by atoms with Crippen LogP contribution in [0.25, 0.3) is 0 Å². The summed E-state index contributed by atoms with van der Waals surface area (Å²) in [4.78, 5) is 15.1. The minimum Gasteiger partial charge on any atom is -0.369 e. The van der Waals surface area contributed by atoms with E-state index in [0.29, 0.717) is 25.9 Å². The van der Waals surface area contributed by atoms with E-state index < -0.39 is 51.3 Å². The molecule has 38 heavy (non-hydrogen) atoms. The van der Waals surface area contributed by atoms with Crippen molar-refractivity contribution in [3.63, 3.8) is 0 Å². The summed E-state index contributed by atoms with van der Waals surface area (Å²) in [6, 6.07) is 10.6. The van der Waals surface area contributed by atoms with Gasteiger partial charge in [0.2, 0.25) is 15.9 Å². The van der Waals surface area contributed by atoms with Crippen molar-refractivity contribution in [3.05, 3.63) is 66.0 Å². The molecule has 4 rings (SSSR count). The van der Waals surface area contributed by atoms with Crippen molar-refractivity contribution >= 4 is 21.6 Å². The Bertz CT molecular complexity index is 1270.